The molecule has 0 spiro atoms. The Hall–Kier alpha value is -4.64. The van der Waals surface area contributed by atoms with Crippen LogP contribution in [0, 0.1) is 0 Å². The minimum atomic E-state index is 1.03. The minimum absolute atomic E-state index is 1.03. The fraction of sp³-hybridized carbons (Fsp3) is 0. The highest BCUT2D eigenvalue weighted by atomic mass is 32.1. The molecule has 186 valence electrons. The van der Waals surface area contributed by atoms with Gasteiger partial charge in [-0.05, 0) is 45.8 Å². The van der Waals surface area contributed by atoms with E-state index in [9.17, 15) is 0 Å². The van der Waals surface area contributed by atoms with Crippen molar-refractivity contribution in [2.24, 2.45) is 0 Å². The van der Waals surface area contributed by atoms with Crippen LogP contribution in [0.2, 0.25) is 0 Å². The van der Waals surface area contributed by atoms with Gasteiger partial charge in [-0.25, -0.2) is 4.98 Å². The number of aromatic nitrogens is 2. The molecule has 0 unspecified atom stereocenters. The molecule has 0 atom stereocenters. The van der Waals surface area contributed by atoms with Crippen LogP contribution in [0.15, 0.2) is 121 Å². The molecule has 6 aromatic carbocycles. The monoisotopic (exact) mass is 544 g/mol. The van der Waals surface area contributed by atoms with Crippen molar-refractivity contribution in [1.82, 2.24) is 9.97 Å². The lowest BCUT2D eigenvalue weighted by atomic mass is 9.98. The van der Waals surface area contributed by atoms with E-state index in [1.54, 1.807) is 11.3 Å². The van der Waals surface area contributed by atoms with Gasteiger partial charge in [0.25, 0.3) is 0 Å². The first kappa shape index (κ1) is 22.2. The average Bonchev–Trinajstić information content (AvgIpc) is 3.65. The highest BCUT2D eigenvalue weighted by molar-refractivity contribution is 7.22. The van der Waals surface area contributed by atoms with E-state index >= 15 is 0 Å². The molecule has 0 saturated heterocycles. The van der Waals surface area contributed by atoms with E-state index < -0.39 is 0 Å². The Morgan fingerprint density at radius 2 is 1.20 bits per heavy atom. The lowest BCUT2D eigenvalue weighted by Crippen LogP contribution is -1.87. The summed E-state index contributed by atoms with van der Waals surface area (Å²) in [6.45, 7) is 0. The normalized spacial score (nSPS) is 12.0. The zero-order valence-corrected chi connectivity index (χ0v) is 22.9. The second kappa shape index (κ2) is 8.43. The van der Waals surface area contributed by atoms with E-state index in [0.29, 0.717) is 0 Å². The Morgan fingerprint density at radius 3 is 2.10 bits per heavy atom. The molecule has 4 heteroatoms. The maximum absolute atomic E-state index is 5.16. The van der Waals surface area contributed by atoms with Crippen molar-refractivity contribution < 1.29 is 0 Å². The predicted octanol–water partition coefficient (Wildman–Crippen LogP) is 10.9. The van der Waals surface area contributed by atoms with Crippen molar-refractivity contribution in [3.05, 3.63) is 121 Å². The van der Waals surface area contributed by atoms with Gasteiger partial charge in [0, 0.05) is 48.4 Å². The molecule has 2 nitrogen and oxygen atoms in total. The molecule has 9 aromatic rings. The zero-order valence-electron chi connectivity index (χ0n) is 21.3. The van der Waals surface area contributed by atoms with Gasteiger partial charge in [-0.1, -0.05) is 91.0 Å². The summed E-state index contributed by atoms with van der Waals surface area (Å²) in [5.74, 6) is 0. The number of pyridine rings is 1. The van der Waals surface area contributed by atoms with Crippen LogP contribution in [0.1, 0.15) is 0 Å². The molecule has 0 amide bonds. The molecular formula is C36H20N2S2. The number of benzene rings is 6. The summed E-state index contributed by atoms with van der Waals surface area (Å²) in [6, 6.07) is 41.5. The molecule has 9 rings (SSSR count). The second-order valence-corrected chi connectivity index (χ2v) is 12.3. The number of rotatable bonds is 2. The standard InChI is InChI=1S/C36H20N2S2/c1-3-8-23-21(6-1)12-16-31-30(23)20-33(39-31)26-18-19-37-34-27-10-5-11-29(25(27)14-15-28(26)34)36-38-35-24-9-4-2-7-22(24)13-17-32(35)40-36/h1-20H. The van der Waals surface area contributed by atoms with Crippen LogP contribution in [0.3, 0.4) is 0 Å². The number of thiazole rings is 1. The number of hydrogen-bond acceptors (Lipinski definition) is 4. The first-order chi connectivity index (χ1) is 19.8. The molecule has 3 aromatic heterocycles. The largest absolute Gasteiger partial charge is 0.256 e. The van der Waals surface area contributed by atoms with Crippen molar-refractivity contribution in [1.29, 1.82) is 0 Å². The van der Waals surface area contributed by atoms with E-state index in [0.717, 1.165) is 27.0 Å². The van der Waals surface area contributed by atoms with Crippen LogP contribution >= 0.6 is 22.7 Å². The van der Waals surface area contributed by atoms with Crippen LogP contribution in [0.25, 0.3) is 84.5 Å². The van der Waals surface area contributed by atoms with E-state index in [2.05, 4.69) is 115 Å². The summed E-state index contributed by atoms with van der Waals surface area (Å²) in [5.41, 5.74) is 4.50. The van der Waals surface area contributed by atoms with Crippen LogP contribution in [0.5, 0.6) is 0 Å². The first-order valence-electron chi connectivity index (χ1n) is 13.3. The average molecular weight is 545 g/mol. The molecule has 0 saturated carbocycles. The van der Waals surface area contributed by atoms with Crippen molar-refractivity contribution in [3.8, 4) is 21.0 Å². The highest BCUT2D eigenvalue weighted by Gasteiger charge is 2.16. The van der Waals surface area contributed by atoms with Gasteiger partial charge in [-0.2, -0.15) is 0 Å². The Bertz CT molecular complexity index is 2280. The van der Waals surface area contributed by atoms with Gasteiger partial charge >= 0.3 is 0 Å². The van der Waals surface area contributed by atoms with Crippen LogP contribution < -0.4 is 0 Å². The van der Waals surface area contributed by atoms with E-state index in [1.165, 1.54) is 57.5 Å². The molecule has 0 fully saturated rings. The molecule has 0 bridgehead atoms. The molecule has 0 aliphatic heterocycles. The molecule has 3 heterocycles. The third-order valence-electron chi connectivity index (χ3n) is 7.97. The highest BCUT2D eigenvalue weighted by Crippen LogP contribution is 2.42. The molecule has 0 radical (unpaired) electrons. The van der Waals surface area contributed by atoms with Gasteiger partial charge in [0.2, 0.25) is 0 Å². The molecule has 0 N–H and O–H groups in total. The van der Waals surface area contributed by atoms with Gasteiger partial charge in [0.15, 0.2) is 0 Å². The quantitative estimate of drug-likeness (QED) is 0.202. The van der Waals surface area contributed by atoms with Gasteiger partial charge in [0.1, 0.15) is 5.01 Å². The number of nitrogens with zero attached hydrogens (tertiary/aromatic N) is 2. The molecular weight excluding hydrogens is 525 g/mol. The molecule has 40 heavy (non-hydrogen) atoms. The predicted molar refractivity (Wildman–Crippen MR) is 174 cm³/mol. The third-order valence-corrected chi connectivity index (χ3v) is 10.2. The zero-order chi connectivity index (χ0) is 26.2. The summed E-state index contributed by atoms with van der Waals surface area (Å²) in [4.78, 5) is 11.3. The van der Waals surface area contributed by atoms with Crippen molar-refractivity contribution in [2.45, 2.75) is 0 Å². The van der Waals surface area contributed by atoms with E-state index in [4.69, 9.17) is 9.97 Å². The second-order valence-electron chi connectivity index (χ2n) is 10.2. The number of fused-ring (bicyclic) bond motifs is 9. The fourth-order valence-electron chi connectivity index (χ4n) is 6.08. The van der Waals surface area contributed by atoms with Crippen molar-refractivity contribution in [2.75, 3.05) is 0 Å². The first-order valence-corrected chi connectivity index (χ1v) is 15.0. The maximum atomic E-state index is 5.16. The number of hydrogen-bond donors (Lipinski definition) is 0. The fourth-order valence-corrected chi connectivity index (χ4v) is 8.22. The van der Waals surface area contributed by atoms with Gasteiger partial charge < -0.3 is 0 Å². The van der Waals surface area contributed by atoms with Gasteiger partial charge in [-0.15, -0.1) is 22.7 Å². The lowest BCUT2D eigenvalue weighted by Gasteiger charge is -2.09. The van der Waals surface area contributed by atoms with Crippen molar-refractivity contribution >= 4 is 86.2 Å². The molecule has 0 aliphatic carbocycles. The Balaban J connectivity index is 1.25. The van der Waals surface area contributed by atoms with Gasteiger partial charge in [0.05, 0.1) is 15.7 Å². The van der Waals surface area contributed by atoms with E-state index in [1.807, 2.05) is 17.5 Å². The summed E-state index contributed by atoms with van der Waals surface area (Å²) >= 11 is 3.61. The summed E-state index contributed by atoms with van der Waals surface area (Å²) in [5, 5.41) is 10.9. The summed E-state index contributed by atoms with van der Waals surface area (Å²) in [6.07, 6.45) is 1.95. The SMILES string of the molecule is c1ccc2c(c1)ccc1sc(-c3ccnc4c3ccc3c(-c5nc6c(ccc7ccccc76)s5)cccc34)cc12. The molecule has 0 aliphatic rings. The number of thiophene rings is 1. The smallest absolute Gasteiger partial charge is 0.125 e. The Morgan fingerprint density at radius 1 is 0.450 bits per heavy atom. The Kier molecular flexibility index (Phi) is 4.68. The van der Waals surface area contributed by atoms with Crippen LogP contribution in [0.4, 0.5) is 0 Å². The summed E-state index contributed by atoms with van der Waals surface area (Å²) in [7, 11) is 0. The van der Waals surface area contributed by atoms with Crippen LogP contribution in [-0.4, -0.2) is 9.97 Å². The topological polar surface area (TPSA) is 25.8 Å². The minimum Gasteiger partial charge on any atom is -0.256 e. The summed E-state index contributed by atoms with van der Waals surface area (Å²) < 4.78 is 2.52. The maximum Gasteiger partial charge on any atom is 0.125 e. The lowest BCUT2D eigenvalue weighted by molar-refractivity contribution is 1.43. The van der Waals surface area contributed by atoms with Gasteiger partial charge in [-0.3, -0.25) is 4.98 Å². The third kappa shape index (κ3) is 3.21. The van der Waals surface area contributed by atoms with Crippen LogP contribution in [-0.2, 0) is 0 Å². The van der Waals surface area contributed by atoms with Crippen molar-refractivity contribution in [3.63, 3.8) is 0 Å². The Labute approximate surface area is 237 Å². The van der Waals surface area contributed by atoms with E-state index in [-0.39, 0.29) is 0 Å².